The number of esters is 1. The fourth-order valence-electron chi connectivity index (χ4n) is 8.31. The van der Waals surface area contributed by atoms with Crippen LogP contribution in [0.5, 0.6) is 17.2 Å². The van der Waals surface area contributed by atoms with E-state index in [-0.39, 0.29) is 23.8 Å². The van der Waals surface area contributed by atoms with Gasteiger partial charge in [-0.15, -0.1) is 0 Å². The lowest BCUT2D eigenvalue weighted by Gasteiger charge is -2.39. The van der Waals surface area contributed by atoms with Gasteiger partial charge in [0.2, 0.25) is 0 Å². The summed E-state index contributed by atoms with van der Waals surface area (Å²) in [5.74, 6) is 0.949. The van der Waals surface area contributed by atoms with Gasteiger partial charge in [-0.05, 0) is 84.4 Å². The Morgan fingerprint density at radius 1 is 0.776 bits per heavy atom. The molecular weight excluding hydrogens is 732 g/mol. The van der Waals surface area contributed by atoms with E-state index in [9.17, 15) is 9.59 Å². The standard InChI is InChI=1S/C49H53FN2O6/c1-3-4-29-56-44-28-27-37-32-52(47(53)45(37)46(44)50)31-35-23-25-36(26-24-35)33-57-41-21-14-22-42(30-41)58-34-43(48(54)55-2)51-49(38-15-8-5-9-16-38,39-17-10-6-11-18-39)40-19-12-7-13-20-40/h5-22,27-28,30,35-36,43,51H,3-4,23-26,29,31-34H2,1-2H3/t35-,36-,43-/m0/s1. The molecule has 58 heavy (non-hydrogen) atoms. The summed E-state index contributed by atoms with van der Waals surface area (Å²) in [4.78, 5) is 28.5. The molecule has 2 aliphatic rings. The number of nitrogens with one attached hydrogen (secondary N) is 1. The highest BCUT2D eigenvalue weighted by molar-refractivity contribution is 5.99. The van der Waals surface area contributed by atoms with Gasteiger partial charge in [0.05, 0.1) is 31.4 Å². The molecule has 1 amide bonds. The average molecular weight is 785 g/mol. The molecule has 0 aromatic heterocycles. The number of hydrogen-bond acceptors (Lipinski definition) is 7. The fraction of sp³-hybridized carbons (Fsp3) is 0.347. The number of rotatable bonds is 18. The van der Waals surface area contributed by atoms with E-state index in [0.29, 0.717) is 49.6 Å². The molecule has 0 unspecified atom stereocenters. The van der Waals surface area contributed by atoms with Crippen LogP contribution in [0.4, 0.5) is 4.39 Å². The molecule has 1 heterocycles. The molecule has 1 atom stereocenters. The number of ether oxygens (including phenoxy) is 4. The van der Waals surface area contributed by atoms with E-state index in [4.69, 9.17) is 18.9 Å². The van der Waals surface area contributed by atoms with Crippen LogP contribution in [-0.2, 0) is 21.6 Å². The first-order valence-corrected chi connectivity index (χ1v) is 20.5. The average Bonchev–Trinajstić information content (AvgIpc) is 3.59. The maximum absolute atomic E-state index is 15.2. The second kappa shape index (κ2) is 19.2. The molecule has 1 aliphatic heterocycles. The monoisotopic (exact) mass is 784 g/mol. The minimum Gasteiger partial charge on any atom is -0.493 e. The van der Waals surface area contributed by atoms with Crippen LogP contribution in [0.1, 0.15) is 78.1 Å². The molecule has 5 aromatic rings. The van der Waals surface area contributed by atoms with Crippen molar-refractivity contribution < 1.29 is 32.9 Å². The first-order chi connectivity index (χ1) is 28.4. The number of halogens is 1. The van der Waals surface area contributed by atoms with Gasteiger partial charge in [0, 0.05) is 19.2 Å². The predicted molar refractivity (Wildman–Crippen MR) is 223 cm³/mol. The van der Waals surface area contributed by atoms with Crippen LogP contribution in [0.15, 0.2) is 127 Å². The Labute approximate surface area is 341 Å². The van der Waals surface area contributed by atoms with E-state index in [0.717, 1.165) is 60.8 Å². The zero-order chi connectivity index (χ0) is 40.3. The molecule has 5 aromatic carbocycles. The number of methoxy groups -OCH3 is 1. The molecule has 0 saturated heterocycles. The van der Waals surface area contributed by atoms with Gasteiger partial charge in [-0.3, -0.25) is 14.9 Å². The number of amides is 1. The van der Waals surface area contributed by atoms with Crippen molar-refractivity contribution in [3.8, 4) is 17.2 Å². The Kier molecular flexibility index (Phi) is 13.4. The highest BCUT2D eigenvalue weighted by Gasteiger charge is 2.40. The van der Waals surface area contributed by atoms with E-state index in [1.54, 1.807) is 11.0 Å². The Morgan fingerprint density at radius 2 is 1.36 bits per heavy atom. The summed E-state index contributed by atoms with van der Waals surface area (Å²) >= 11 is 0. The van der Waals surface area contributed by atoms with Gasteiger partial charge in [-0.25, -0.2) is 4.39 Å². The number of fused-ring (bicyclic) bond motifs is 1. The van der Waals surface area contributed by atoms with Crippen LogP contribution < -0.4 is 19.5 Å². The molecule has 7 rings (SSSR count). The third-order valence-electron chi connectivity index (χ3n) is 11.5. The van der Waals surface area contributed by atoms with Crippen LogP contribution >= 0.6 is 0 Å². The quantitative estimate of drug-likeness (QED) is 0.0539. The minimum absolute atomic E-state index is 0.0134. The summed E-state index contributed by atoms with van der Waals surface area (Å²) in [7, 11) is 1.39. The molecule has 302 valence electrons. The lowest BCUT2D eigenvalue weighted by Crippen LogP contribution is -2.55. The van der Waals surface area contributed by atoms with E-state index in [2.05, 4.69) is 48.6 Å². The minimum atomic E-state index is -0.893. The molecule has 9 heteroatoms. The van der Waals surface area contributed by atoms with Crippen LogP contribution in [0.25, 0.3) is 0 Å². The Hall–Kier alpha value is -5.67. The SMILES string of the molecule is CCCCOc1ccc2c(c1F)C(=O)N(C[C@H]1CC[C@H](COc3cccc(OC[C@H](NC(c4ccccc4)(c4ccccc4)c4ccccc4)C(=O)OC)c3)CC1)C2. The molecule has 1 N–H and O–H groups in total. The number of nitrogens with zero attached hydrogens (tertiary/aromatic N) is 1. The summed E-state index contributed by atoms with van der Waals surface area (Å²) in [5, 5.41) is 3.69. The Balaban J connectivity index is 0.953. The zero-order valence-corrected chi connectivity index (χ0v) is 33.4. The van der Waals surface area contributed by atoms with Crippen molar-refractivity contribution >= 4 is 11.9 Å². The number of carbonyl (C=O) groups is 2. The highest BCUT2D eigenvalue weighted by atomic mass is 19.1. The Morgan fingerprint density at radius 3 is 1.95 bits per heavy atom. The van der Waals surface area contributed by atoms with Crippen LogP contribution in [0, 0.1) is 17.7 Å². The van der Waals surface area contributed by atoms with Crippen molar-refractivity contribution in [2.75, 3.05) is 33.5 Å². The highest BCUT2D eigenvalue weighted by Crippen LogP contribution is 2.38. The molecule has 8 nitrogen and oxygen atoms in total. The number of carbonyl (C=O) groups excluding carboxylic acids is 2. The van der Waals surface area contributed by atoms with Crippen molar-refractivity contribution in [2.45, 2.75) is 63.6 Å². The van der Waals surface area contributed by atoms with Crippen molar-refractivity contribution in [3.05, 3.63) is 161 Å². The number of hydrogen-bond donors (Lipinski definition) is 1. The lowest BCUT2D eigenvalue weighted by molar-refractivity contribution is -0.144. The molecule has 0 spiro atoms. The van der Waals surface area contributed by atoms with Gasteiger partial charge in [-0.1, -0.05) is 116 Å². The predicted octanol–water partition coefficient (Wildman–Crippen LogP) is 9.35. The second-order valence-corrected chi connectivity index (χ2v) is 15.4. The van der Waals surface area contributed by atoms with Crippen molar-refractivity contribution in [1.29, 1.82) is 0 Å². The van der Waals surface area contributed by atoms with Crippen molar-refractivity contribution in [3.63, 3.8) is 0 Å². The van der Waals surface area contributed by atoms with Crippen LogP contribution in [0.2, 0.25) is 0 Å². The van der Waals surface area contributed by atoms with Crippen LogP contribution in [-0.4, -0.2) is 56.3 Å². The summed E-state index contributed by atoms with van der Waals surface area (Å²) in [6.45, 7) is 4.13. The summed E-state index contributed by atoms with van der Waals surface area (Å²) in [5.41, 5.74) is 2.92. The van der Waals surface area contributed by atoms with Gasteiger partial charge in [0.15, 0.2) is 11.6 Å². The van der Waals surface area contributed by atoms with E-state index >= 15 is 4.39 Å². The lowest BCUT2D eigenvalue weighted by atomic mass is 9.76. The molecule has 1 saturated carbocycles. The topological polar surface area (TPSA) is 86.3 Å². The molecule has 1 fully saturated rings. The summed E-state index contributed by atoms with van der Waals surface area (Å²) < 4.78 is 38.8. The first-order valence-electron chi connectivity index (χ1n) is 20.5. The van der Waals surface area contributed by atoms with Gasteiger partial charge >= 0.3 is 5.97 Å². The smallest absolute Gasteiger partial charge is 0.326 e. The third kappa shape index (κ3) is 9.21. The van der Waals surface area contributed by atoms with E-state index in [1.807, 2.05) is 84.9 Å². The maximum Gasteiger partial charge on any atom is 0.326 e. The number of benzene rings is 5. The van der Waals surface area contributed by atoms with Gasteiger partial charge in [-0.2, -0.15) is 0 Å². The van der Waals surface area contributed by atoms with Crippen molar-refractivity contribution in [1.82, 2.24) is 10.2 Å². The number of unbranched alkanes of at least 4 members (excludes halogenated alkanes) is 1. The second-order valence-electron chi connectivity index (χ2n) is 15.4. The van der Waals surface area contributed by atoms with Gasteiger partial charge in [0.25, 0.3) is 5.91 Å². The van der Waals surface area contributed by atoms with E-state index in [1.165, 1.54) is 7.11 Å². The zero-order valence-electron chi connectivity index (χ0n) is 33.4. The molecular formula is C49H53FN2O6. The van der Waals surface area contributed by atoms with Crippen molar-refractivity contribution in [2.24, 2.45) is 11.8 Å². The largest absolute Gasteiger partial charge is 0.493 e. The van der Waals surface area contributed by atoms with Gasteiger partial charge in [0.1, 0.15) is 24.1 Å². The molecule has 1 aliphatic carbocycles. The maximum atomic E-state index is 15.2. The van der Waals surface area contributed by atoms with Gasteiger partial charge < -0.3 is 23.8 Å². The van der Waals surface area contributed by atoms with E-state index < -0.39 is 23.4 Å². The molecule has 0 bridgehead atoms. The van der Waals surface area contributed by atoms with Crippen LogP contribution in [0.3, 0.4) is 0 Å². The third-order valence-corrected chi connectivity index (χ3v) is 11.5. The Bertz CT molecular complexity index is 2010. The normalized spacial score (nSPS) is 17.0. The summed E-state index contributed by atoms with van der Waals surface area (Å²) in [6, 6.07) is 40.5. The molecule has 0 radical (unpaired) electrons. The summed E-state index contributed by atoms with van der Waals surface area (Å²) in [6.07, 6.45) is 5.71. The first kappa shape index (κ1) is 40.5. The fourth-order valence-corrected chi connectivity index (χ4v) is 8.31.